The fourth-order valence-electron chi connectivity index (χ4n) is 4.19. The molecule has 1 fully saturated rings. The first-order valence-corrected chi connectivity index (χ1v) is 12.8. The molecule has 0 spiro atoms. The van der Waals surface area contributed by atoms with E-state index in [9.17, 15) is 23.1 Å². The van der Waals surface area contributed by atoms with Gasteiger partial charge in [-0.15, -0.1) is 5.48 Å². The van der Waals surface area contributed by atoms with E-state index in [4.69, 9.17) is 21.2 Å². The Hall–Kier alpha value is -2.40. The van der Waals surface area contributed by atoms with Crippen molar-refractivity contribution in [2.75, 3.05) is 13.2 Å². The van der Waals surface area contributed by atoms with Crippen LogP contribution in [0.2, 0.25) is 5.02 Å². The van der Waals surface area contributed by atoms with Crippen LogP contribution in [0, 0.1) is 12.8 Å². The van der Waals surface area contributed by atoms with Crippen LogP contribution in [0.1, 0.15) is 37.7 Å². The van der Waals surface area contributed by atoms with Gasteiger partial charge in [0.25, 0.3) is 0 Å². The lowest BCUT2D eigenvalue weighted by Gasteiger charge is -2.27. The molecule has 3 atom stereocenters. The van der Waals surface area contributed by atoms with Gasteiger partial charge in [-0.2, -0.15) is 4.31 Å². The number of ether oxygens (including phenoxy) is 1. The standard InChI is InChI=1S/C23H29ClN2O7S/c1-3-9-32-22(27)7-6-16(23(28)29)12-18-14-20(25-33-18)21-5-4-8-26(21)34(30,31)19-11-15(2)10-17(24)13-19/h3,10-11,13-14,16,20-21,25H,1,4-9,12H2,2H3,(H,28,29). The van der Waals surface area contributed by atoms with Gasteiger partial charge >= 0.3 is 11.9 Å². The number of nitrogens with zero attached hydrogens (tertiary/aromatic N) is 1. The molecule has 186 valence electrons. The molecule has 0 radical (unpaired) electrons. The van der Waals surface area contributed by atoms with Gasteiger partial charge in [0.05, 0.1) is 16.9 Å². The summed E-state index contributed by atoms with van der Waals surface area (Å²) in [6.45, 7) is 5.68. The van der Waals surface area contributed by atoms with Crippen molar-refractivity contribution in [2.24, 2.45) is 5.92 Å². The number of esters is 1. The van der Waals surface area contributed by atoms with Crippen molar-refractivity contribution in [2.45, 2.75) is 56.0 Å². The molecule has 1 saturated heterocycles. The number of hydrogen-bond acceptors (Lipinski definition) is 7. The van der Waals surface area contributed by atoms with Crippen LogP contribution in [-0.4, -0.2) is 55.0 Å². The topological polar surface area (TPSA) is 122 Å². The molecule has 0 amide bonds. The molecule has 0 bridgehead atoms. The molecule has 0 aliphatic carbocycles. The summed E-state index contributed by atoms with van der Waals surface area (Å²) >= 11 is 6.08. The highest BCUT2D eigenvalue weighted by molar-refractivity contribution is 7.89. The smallest absolute Gasteiger partial charge is 0.306 e. The summed E-state index contributed by atoms with van der Waals surface area (Å²) in [6, 6.07) is 3.91. The van der Waals surface area contributed by atoms with E-state index >= 15 is 0 Å². The third-order valence-electron chi connectivity index (χ3n) is 5.83. The second kappa shape index (κ2) is 11.4. The van der Waals surface area contributed by atoms with Crippen LogP contribution in [0.15, 0.2) is 47.6 Å². The first-order chi connectivity index (χ1) is 16.1. The second-order valence-corrected chi connectivity index (χ2v) is 10.7. The number of carbonyl (C=O) groups excluding carboxylic acids is 1. The number of allylic oxidation sites excluding steroid dienone is 1. The summed E-state index contributed by atoms with van der Waals surface area (Å²) in [5.74, 6) is -1.99. The molecule has 0 saturated carbocycles. The molecule has 1 aromatic carbocycles. The maximum absolute atomic E-state index is 13.3. The highest BCUT2D eigenvalue weighted by Crippen LogP contribution is 2.32. The molecule has 1 aromatic rings. The molecule has 11 heteroatoms. The summed E-state index contributed by atoms with van der Waals surface area (Å²) in [4.78, 5) is 29.0. The normalized spacial score (nSPS) is 21.5. The third kappa shape index (κ3) is 6.38. The summed E-state index contributed by atoms with van der Waals surface area (Å²) < 4.78 is 33.0. The van der Waals surface area contributed by atoms with Crippen LogP contribution in [0.4, 0.5) is 0 Å². The van der Waals surface area contributed by atoms with Gasteiger partial charge < -0.3 is 14.7 Å². The zero-order valence-corrected chi connectivity index (χ0v) is 20.5. The quantitative estimate of drug-likeness (QED) is 0.342. The van der Waals surface area contributed by atoms with Crippen molar-refractivity contribution < 1.29 is 32.7 Å². The lowest BCUT2D eigenvalue weighted by atomic mass is 9.97. The number of carbonyl (C=O) groups is 2. The van der Waals surface area contributed by atoms with E-state index in [2.05, 4.69) is 12.1 Å². The Balaban J connectivity index is 1.69. The van der Waals surface area contributed by atoms with E-state index in [-0.39, 0.29) is 36.8 Å². The van der Waals surface area contributed by atoms with Crippen molar-refractivity contribution in [3.8, 4) is 0 Å². The number of benzene rings is 1. The lowest BCUT2D eigenvalue weighted by Crippen LogP contribution is -2.46. The van der Waals surface area contributed by atoms with Crippen LogP contribution >= 0.6 is 11.6 Å². The van der Waals surface area contributed by atoms with E-state index in [1.807, 2.05) is 0 Å². The number of hydrogen-bond donors (Lipinski definition) is 2. The highest BCUT2D eigenvalue weighted by Gasteiger charge is 2.41. The number of nitrogens with one attached hydrogen (secondary N) is 1. The van der Waals surface area contributed by atoms with Gasteiger partial charge in [0.1, 0.15) is 12.4 Å². The Kier molecular flexibility index (Phi) is 8.75. The van der Waals surface area contributed by atoms with Crippen LogP contribution in [0.25, 0.3) is 0 Å². The Bertz CT molecular complexity index is 1050. The lowest BCUT2D eigenvalue weighted by molar-refractivity contribution is -0.145. The Morgan fingerprint density at radius 1 is 1.41 bits per heavy atom. The SMILES string of the molecule is C=CCOC(=O)CCC(CC1=CC(C2CCCN2S(=O)(=O)c2cc(C)cc(Cl)c2)NO1)C(=O)O. The van der Waals surface area contributed by atoms with Crippen molar-refractivity contribution in [3.05, 3.63) is 53.3 Å². The molecule has 2 aliphatic rings. The van der Waals surface area contributed by atoms with Gasteiger partial charge in [0, 0.05) is 30.5 Å². The van der Waals surface area contributed by atoms with Gasteiger partial charge in [-0.05, 0) is 56.0 Å². The minimum atomic E-state index is -3.78. The van der Waals surface area contributed by atoms with Crippen molar-refractivity contribution >= 4 is 33.6 Å². The van der Waals surface area contributed by atoms with Crippen molar-refractivity contribution in [1.29, 1.82) is 0 Å². The van der Waals surface area contributed by atoms with E-state index in [1.165, 1.54) is 16.4 Å². The van der Waals surface area contributed by atoms with E-state index in [0.717, 1.165) is 5.56 Å². The van der Waals surface area contributed by atoms with Gasteiger partial charge in [-0.3, -0.25) is 9.59 Å². The summed E-state index contributed by atoms with van der Waals surface area (Å²) in [5.41, 5.74) is 3.59. The van der Waals surface area contributed by atoms with Gasteiger partial charge in [-0.1, -0.05) is 24.3 Å². The number of hydroxylamine groups is 1. The average molecular weight is 513 g/mol. The van der Waals surface area contributed by atoms with Crippen LogP contribution in [0.5, 0.6) is 0 Å². The second-order valence-electron chi connectivity index (χ2n) is 8.42. The molecule has 3 unspecified atom stereocenters. The van der Waals surface area contributed by atoms with Crippen LogP contribution < -0.4 is 5.48 Å². The zero-order chi connectivity index (χ0) is 24.9. The van der Waals surface area contributed by atoms with E-state index in [0.29, 0.717) is 30.2 Å². The predicted molar refractivity (Wildman–Crippen MR) is 125 cm³/mol. The maximum atomic E-state index is 13.3. The predicted octanol–water partition coefficient (Wildman–Crippen LogP) is 3.19. The molecule has 34 heavy (non-hydrogen) atoms. The van der Waals surface area contributed by atoms with Gasteiger partial charge in [0.2, 0.25) is 10.0 Å². The van der Waals surface area contributed by atoms with E-state index in [1.54, 1.807) is 25.1 Å². The number of aliphatic carboxylic acids is 1. The third-order valence-corrected chi connectivity index (χ3v) is 7.95. The summed E-state index contributed by atoms with van der Waals surface area (Å²) in [6.07, 6.45) is 4.61. The van der Waals surface area contributed by atoms with Gasteiger partial charge in [-0.25, -0.2) is 8.42 Å². The van der Waals surface area contributed by atoms with E-state index < -0.39 is 33.9 Å². The van der Waals surface area contributed by atoms with Crippen molar-refractivity contribution in [1.82, 2.24) is 9.79 Å². The van der Waals surface area contributed by atoms with Crippen LogP contribution in [0.3, 0.4) is 0 Å². The minimum absolute atomic E-state index is 0.0390. The highest BCUT2D eigenvalue weighted by atomic mass is 35.5. The number of rotatable bonds is 11. The molecule has 2 N–H and O–H groups in total. The van der Waals surface area contributed by atoms with Crippen molar-refractivity contribution in [3.63, 3.8) is 0 Å². The molecule has 9 nitrogen and oxygen atoms in total. The Labute approximate surface area is 204 Å². The summed E-state index contributed by atoms with van der Waals surface area (Å²) in [5, 5.41) is 9.90. The Morgan fingerprint density at radius 3 is 2.85 bits per heavy atom. The number of sulfonamides is 1. The minimum Gasteiger partial charge on any atom is -0.481 e. The molecule has 0 aromatic heterocycles. The molecule has 2 aliphatic heterocycles. The maximum Gasteiger partial charge on any atom is 0.306 e. The first-order valence-electron chi connectivity index (χ1n) is 11.0. The molecular weight excluding hydrogens is 484 g/mol. The Morgan fingerprint density at radius 2 is 2.18 bits per heavy atom. The average Bonchev–Trinajstić information content (AvgIpc) is 3.44. The fraction of sp³-hybridized carbons (Fsp3) is 0.478. The summed E-state index contributed by atoms with van der Waals surface area (Å²) in [7, 11) is -3.78. The number of halogens is 1. The van der Waals surface area contributed by atoms with Gasteiger partial charge in [0.15, 0.2) is 0 Å². The molecule has 2 heterocycles. The van der Waals surface area contributed by atoms with Crippen LogP contribution in [-0.2, 0) is 29.2 Å². The molecular formula is C23H29ClN2O7S. The number of carboxylic acid groups (broad SMARTS) is 1. The first kappa shape index (κ1) is 26.2. The number of aryl methyl sites for hydroxylation is 1. The monoisotopic (exact) mass is 512 g/mol. The largest absolute Gasteiger partial charge is 0.481 e. The fourth-order valence-corrected chi connectivity index (χ4v) is 6.39. The molecule has 3 rings (SSSR count). The zero-order valence-electron chi connectivity index (χ0n) is 18.9. The number of carboxylic acids is 1.